The van der Waals surface area contributed by atoms with Crippen LogP contribution >= 0.6 is 0 Å². The molecule has 0 aliphatic heterocycles. The van der Waals surface area contributed by atoms with Crippen molar-refractivity contribution < 1.29 is 9.21 Å². The van der Waals surface area contributed by atoms with Crippen LogP contribution in [0.25, 0.3) is 0 Å². The van der Waals surface area contributed by atoms with Gasteiger partial charge in [0, 0.05) is 13.0 Å². The van der Waals surface area contributed by atoms with Crippen molar-refractivity contribution >= 4 is 5.91 Å². The van der Waals surface area contributed by atoms with E-state index in [9.17, 15) is 4.79 Å². The van der Waals surface area contributed by atoms with Gasteiger partial charge in [0.1, 0.15) is 11.5 Å². The smallest absolute Gasteiger partial charge is 0.242 e. The van der Waals surface area contributed by atoms with Crippen molar-refractivity contribution in [2.75, 3.05) is 7.05 Å². The highest BCUT2D eigenvalue weighted by atomic mass is 16.3. The molecule has 3 rings (SSSR count). The van der Waals surface area contributed by atoms with E-state index in [-0.39, 0.29) is 5.91 Å². The number of hydrogen-bond acceptors (Lipinski definition) is 3. The lowest BCUT2D eigenvalue weighted by atomic mass is 9.95. The third kappa shape index (κ3) is 2.49. The first-order valence-electron chi connectivity index (χ1n) is 7.52. The molecule has 1 amide bonds. The van der Waals surface area contributed by atoms with Gasteiger partial charge in [-0.25, -0.2) is 0 Å². The molecule has 2 aliphatic rings. The van der Waals surface area contributed by atoms with E-state index < -0.39 is 5.54 Å². The Balaban J connectivity index is 1.62. The third-order valence-electron chi connectivity index (χ3n) is 4.78. The van der Waals surface area contributed by atoms with Gasteiger partial charge in [-0.1, -0.05) is 6.92 Å². The minimum atomic E-state index is -0.727. The SMILES string of the molecule is CC1CC1c1ccc(CN(C)C(=O)C(C)(N)C2CC2)o1. The standard InChI is InChI=1S/C16H24N2O2/c1-10-8-13(10)14-7-6-12(20-14)9-18(3)15(19)16(2,17)11-4-5-11/h6-7,10-11,13H,4-5,8-9,17H2,1-3H3. The van der Waals surface area contributed by atoms with Crippen molar-refractivity contribution in [2.24, 2.45) is 17.6 Å². The number of rotatable bonds is 5. The lowest BCUT2D eigenvalue weighted by Gasteiger charge is -2.28. The molecule has 0 saturated heterocycles. The highest BCUT2D eigenvalue weighted by Crippen LogP contribution is 2.47. The van der Waals surface area contributed by atoms with Gasteiger partial charge in [-0.2, -0.15) is 0 Å². The van der Waals surface area contributed by atoms with Crippen LogP contribution in [-0.2, 0) is 11.3 Å². The molecule has 0 radical (unpaired) electrons. The summed E-state index contributed by atoms with van der Waals surface area (Å²) in [5.41, 5.74) is 5.45. The first-order chi connectivity index (χ1) is 9.39. The van der Waals surface area contributed by atoms with Gasteiger partial charge in [-0.15, -0.1) is 0 Å². The third-order valence-corrected chi connectivity index (χ3v) is 4.78. The van der Waals surface area contributed by atoms with Gasteiger partial charge in [0.2, 0.25) is 5.91 Å². The van der Waals surface area contributed by atoms with E-state index >= 15 is 0 Å². The monoisotopic (exact) mass is 276 g/mol. The molecule has 4 nitrogen and oxygen atoms in total. The fraction of sp³-hybridized carbons (Fsp3) is 0.688. The number of hydrogen-bond donors (Lipinski definition) is 1. The highest BCUT2D eigenvalue weighted by Gasteiger charge is 2.45. The number of nitrogens with zero attached hydrogens (tertiary/aromatic N) is 1. The van der Waals surface area contributed by atoms with Crippen LogP contribution < -0.4 is 5.73 Å². The van der Waals surface area contributed by atoms with Crippen LogP contribution in [0.15, 0.2) is 16.5 Å². The van der Waals surface area contributed by atoms with Gasteiger partial charge in [-0.3, -0.25) is 4.79 Å². The van der Waals surface area contributed by atoms with Crippen LogP contribution in [0.4, 0.5) is 0 Å². The maximum atomic E-state index is 12.4. The number of amides is 1. The Labute approximate surface area is 120 Å². The van der Waals surface area contributed by atoms with Crippen LogP contribution in [0.2, 0.25) is 0 Å². The molecule has 2 fully saturated rings. The summed E-state index contributed by atoms with van der Waals surface area (Å²) in [6, 6.07) is 4.03. The van der Waals surface area contributed by atoms with Gasteiger partial charge in [-0.05, 0) is 50.2 Å². The van der Waals surface area contributed by atoms with Crippen molar-refractivity contribution in [2.45, 2.75) is 51.1 Å². The Hall–Kier alpha value is -1.29. The molecule has 3 unspecified atom stereocenters. The quantitative estimate of drug-likeness (QED) is 0.899. The van der Waals surface area contributed by atoms with E-state index in [0.717, 1.165) is 30.3 Å². The average molecular weight is 276 g/mol. The molecule has 0 aromatic carbocycles. The summed E-state index contributed by atoms with van der Waals surface area (Å²) in [6.45, 7) is 4.58. The van der Waals surface area contributed by atoms with Gasteiger partial charge < -0.3 is 15.1 Å². The van der Waals surface area contributed by atoms with Gasteiger partial charge in [0.15, 0.2) is 0 Å². The predicted octanol–water partition coefficient (Wildman–Crippen LogP) is 2.49. The maximum absolute atomic E-state index is 12.4. The van der Waals surface area contributed by atoms with Crippen LogP contribution in [0, 0.1) is 11.8 Å². The largest absolute Gasteiger partial charge is 0.464 e. The first kappa shape index (κ1) is 13.7. The molecular formula is C16H24N2O2. The van der Waals surface area contributed by atoms with Gasteiger partial charge in [0.05, 0.1) is 12.1 Å². The summed E-state index contributed by atoms with van der Waals surface area (Å²) in [5, 5.41) is 0. The molecule has 3 atom stereocenters. The zero-order valence-electron chi connectivity index (χ0n) is 12.6. The van der Waals surface area contributed by atoms with E-state index in [0.29, 0.717) is 18.4 Å². The van der Waals surface area contributed by atoms with E-state index in [1.54, 1.807) is 11.9 Å². The Morgan fingerprint density at radius 1 is 1.50 bits per heavy atom. The summed E-state index contributed by atoms with van der Waals surface area (Å²) in [5.74, 6) is 3.58. The summed E-state index contributed by atoms with van der Waals surface area (Å²) >= 11 is 0. The Morgan fingerprint density at radius 2 is 2.15 bits per heavy atom. The number of carbonyl (C=O) groups excluding carboxylic acids is 1. The molecule has 1 aromatic rings. The fourth-order valence-corrected chi connectivity index (χ4v) is 2.97. The first-order valence-corrected chi connectivity index (χ1v) is 7.52. The van der Waals surface area contributed by atoms with Crippen LogP contribution in [0.5, 0.6) is 0 Å². The van der Waals surface area contributed by atoms with E-state index in [2.05, 4.69) is 6.92 Å². The number of furan rings is 1. The Bertz CT molecular complexity index is 516. The van der Waals surface area contributed by atoms with E-state index in [1.807, 2.05) is 19.1 Å². The second-order valence-electron chi connectivity index (χ2n) is 6.84. The Kier molecular flexibility index (Phi) is 3.16. The molecule has 2 saturated carbocycles. The van der Waals surface area contributed by atoms with Crippen molar-refractivity contribution in [3.63, 3.8) is 0 Å². The topological polar surface area (TPSA) is 59.5 Å². The normalized spacial score (nSPS) is 28.0. The summed E-state index contributed by atoms with van der Waals surface area (Å²) < 4.78 is 5.85. The fourth-order valence-electron chi connectivity index (χ4n) is 2.97. The zero-order valence-corrected chi connectivity index (χ0v) is 12.6. The minimum absolute atomic E-state index is 0.0118. The minimum Gasteiger partial charge on any atom is -0.464 e. The summed E-state index contributed by atoms with van der Waals surface area (Å²) in [7, 11) is 1.80. The maximum Gasteiger partial charge on any atom is 0.242 e. The van der Waals surface area contributed by atoms with Crippen LogP contribution in [0.1, 0.15) is 50.5 Å². The average Bonchev–Trinajstić information content (AvgIpc) is 3.30. The molecule has 2 aliphatic carbocycles. The number of carbonyl (C=O) groups is 1. The molecular weight excluding hydrogens is 252 g/mol. The predicted molar refractivity (Wildman–Crippen MR) is 77.0 cm³/mol. The van der Waals surface area contributed by atoms with Crippen molar-refractivity contribution in [1.29, 1.82) is 0 Å². The molecule has 4 heteroatoms. The van der Waals surface area contributed by atoms with Crippen LogP contribution in [0.3, 0.4) is 0 Å². The second-order valence-corrected chi connectivity index (χ2v) is 6.84. The zero-order chi connectivity index (χ0) is 14.5. The molecule has 20 heavy (non-hydrogen) atoms. The van der Waals surface area contributed by atoms with Gasteiger partial charge in [0.25, 0.3) is 0 Å². The second kappa shape index (κ2) is 4.62. The lowest BCUT2D eigenvalue weighted by Crippen LogP contribution is -2.53. The van der Waals surface area contributed by atoms with Crippen molar-refractivity contribution in [1.82, 2.24) is 4.90 Å². The molecule has 110 valence electrons. The number of likely N-dealkylation sites (N-methyl/N-ethyl adjacent to an activating group) is 1. The molecule has 1 aromatic heterocycles. The summed E-state index contributed by atoms with van der Waals surface area (Å²) in [4.78, 5) is 14.1. The Morgan fingerprint density at radius 3 is 2.70 bits per heavy atom. The molecule has 2 N–H and O–H groups in total. The summed E-state index contributed by atoms with van der Waals surface area (Å²) in [6.07, 6.45) is 3.35. The lowest BCUT2D eigenvalue weighted by molar-refractivity contribution is -0.136. The van der Waals surface area contributed by atoms with Crippen LogP contribution in [-0.4, -0.2) is 23.4 Å². The van der Waals surface area contributed by atoms with Crippen molar-refractivity contribution in [3.8, 4) is 0 Å². The molecule has 0 spiro atoms. The molecule has 1 heterocycles. The number of nitrogens with two attached hydrogens (primary N) is 1. The molecule has 0 bridgehead atoms. The van der Waals surface area contributed by atoms with Gasteiger partial charge >= 0.3 is 0 Å². The van der Waals surface area contributed by atoms with E-state index in [1.165, 1.54) is 6.42 Å². The van der Waals surface area contributed by atoms with Crippen molar-refractivity contribution in [3.05, 3.63) is 23.7 Å². The highest BCUT2D eigenvalue weighted by molar-refractivity contribution is 5.86. The van der Waals surface area contributed by atoms with E-state index in [4.69, 9.17) is 10.2 Å².